The maximum absolute atomic E-state index is 14.2. The molecule has 0 radical (unpaired) electrons. The second-order valence-electron chi connectivity index (χ2n) is 11.4. The minimum Gasteiger partial charge on any atom is -0.465 e. The van der Waals surface area contributed by atoms with Gasteiger partial charge in [0, 0.05) is 26.2 Å². The number of nitrogens with zero attached hydrogens (tertiary/aromatic N) is 2. The maximum atomic E-state index is 14.2. The third-order valence-corrected chi connectivity index (χ3v) is 8.85. The molecular formula is C30H48N2O6. The summed E-state index contributed by atoms with van der Waals surface area (Å²) < 4.78 is 12.4. The van der Waals surface area contributed by atoms with Crippen molar-refractivity contribution in [2.45, 2.75) is 95.8 Å². The minimum atomic E-state index is -1.05. The van der Waals surface area contributed by atoms with Gasteiger partial charge in [0.2, 0.25) is 11.8 Å². The molecule has 3 rings (SSSR count). The van der Waals surface area contributed by atoms with Crippen LogP contribution in [0.5, 0.6) is 0 Å². The monoisotopic (exact) mass is 532 g/mol. The van der Waals surface area contributed by atoms with Gasteiger partial charge in [-0.2, -0.15) is 0 Å². The van der Waals surface area contributed by atoms with Gasteiger partial charge in [-0.1, -0.05) is 45.3 Å². The molecule has 6 atom stereocenters. The lowest BCUT2D eigenvalue weighted by Crippen LogP contribution is -2.56. The summed E-state index contributed by atoms with van der Waals surface area (Å²) >= 11 is 0. The molecule has 3 heterocycles. The zero-order valence-electron chi connectivity index (χ0n) is 23.7. The van der Waals surface area contributed by atoms with Gasteiger partial charge in [-0.05, 0) is 51.4 Å². The fraction of sp³-hybridized carbons (Fsp3) is 0.767. The number of amides is 2. The van der Waals surface area contributed by atoms with Crippen LogP contribution in [0.3, 0.4) is 0 Å². The van der Waals surface area contributed by atoms with Crippen molar-refractivity contribution in [3.63, 3.8) is 0 Å². The van der Waals surface area contributed by atoms with Crippen molar-refractivity contribution in [2.24, 2.45) is 17.8 Å². The smallest absolute Gasteiger partial charge is 0.312 e. The van der Waals surface area contributed by atoms with E-state index in [1.807, 2.05) is 13.8 Å². The van der Waals surface area contributed by atoms with E-state index in [1.54, 1.807) is 22.0 Å². The van der Waals surface area contributed by atoms with E-state index in [-0.39, 0.29) is 30.9 Å². The number of hydrogen-bond acceptors (Lipinski definition) is 6. The van der Waals surface area contributed by atoms with Crippen LogP contribution in [0.25, 0.3) is 0 Å². The molecule has 2 amide bonds. The minimum absolute atomic E-state index is 0.0134. The number of likely N-dealkylation sites (tertiary alicyclic amines) is 1. The Balaban J connectivity index is 1.96. The van der Waals surface area contributed by atoms with Crippen LogP contribution in [0.4, 0.5) is 0 Å². The standard InChI is InChI=1S/C30H48N2O6/c1-6-9-15-20-37-28(36)24-23-26(34)32(18-13-11-12-14-19-33)25(27(35)31(16-8-3)17-10-7-2)30(23)21-22(4)29(24,5)38-30/h6,8,22-25,33H,1,3,7,9-21H2,2,4-5H3/t22?,23-,24-,25?,29+,30?/m0/s1. The molecule has 0 aromatic carbocycles. The first-order chi connectivity index (χ1) is 18.2. The summed E-state index contributed by atoms with van der Waals surface area (Å²) in [6, 6.07) is -0.780. The van der Waals surface area contributed by atoms with Gasteiger partial charge in [0.15, 0.2) is 0 Å². The van der Waals surface area contributed by atoms with Gasteiger partial charge in [-0.3, -0.25) is 14.4 Å². The molecule has 0 aromatic heterocycles. The average Bonchev–Trinajstić information content (AvgIpc) is 3.40. The van der Waals surface area contributed by atoms with Crippen molar-refractivity contribution >= 4 is 17.8 Å². The van der Waals surface area contributed by atoms with Crippen LogP contribution in [0.1, 0.15) is 78.6 Å². The summed E-state index contributed by atoms with van der Waals surface area (Å²) in [5.41, 5.74) is -1.92. The molecule has 214 valence electrons. The number of aliphatic hydroxyl groups is 1. The topological polar surface area (TPSA) is 96.4 Å². The summed E-state index contributed by atoms with van der Waals surface area (Å²) in [7, 11) is 0. The highest BCUT2D eigenvalue weighted by Crippen LogP contribution is 2.65. The van der Waals surface area contributed by atoms with Crippen molar-refractivity contribution in [3.8, 4) is 0 Å². The number of aliphatic hydroxyl groups excluding tert-OH is 1. The molecule has 3 saturated heterocycles. The van der Waals surface area contributed by atoms with Gasteiger partial charge in [0.25, 0.3) is 0 Å². The molecule has 0 aromatic rings. The predicted octanol–water partition coefficient (Wildman–Crippen LogP) is 3.87. The molecule has 2 bridgehead atoms. The fourth-order valence-electron chi connectivity index (χ4n) is 6.82. The van der Waals surface area contributed by atoms with Crippen molar-refractivity contribution in [1.29, 1.82) is 0 Å². The Bertz CT molecular complexity index is 877. The van der Waals surface area contributed by atoms with E-state index in [0.717, 1.165) is 38.5 Å². The Hall–Kier alpha value is -2.19. The van der Waals surface area contributed by atoms with Gasteiger partial charge in [0.05, 0.1) is 18.1 Å². The van der Waals surface area contributed by atoms with E-state index in [4.69, 9.17) is 14.6 Å². The lowest BCUT2D eigenvalue weighted by molar-refractivity contribution is -0.162. The number of esters is 1. The van der Waals surface area contributed by atoms with Crippen LogP contribution in [-0.4, -0.2) is 82.8 Å². The second-order valence-corrected chi connectivity index (χ2v) is 11.4. The van der Waals surface area contributed by atoms with Gasteiger partial charge < -0.3 is 24.4 Å². The summed E-state index contributed by atoms with van der Waals surface area (Å²) in [4.78, 5) is 45.4. The molecule has 8 heteroatoms. The average molecular weight is 533 g/mol. The van der Waals surface area contributed by atoms with Gasteiger partial charge in [-0.25, -0.2) is 0 Å². The van der Waals surface area contributed by atoms with E-state index in [0.29, 0.717) is 38.9 Å². The number of unbranched alkanes of at least 4 members (excludes halogenated alkanes) is 5. The number of fused-ring (bicyclic) bond motifs is 1. The molecule has 3 unspecified atom stereocenters. The Kier molecular flexibility index (Phi) is 10.6. The first-order valence-corrected chi connectivity index (χ1v) is 14.5. The molecule has 8 nitrogen and oxygen atoms in total. The van der Waals surface area contributed by atoms with E-state index >= 15 is 0 Å². The maximum Gasteiger partial charge on any atom is 0.312 e. The van der Waals surface area contributed by atoms with Crippen LogP contribution in [0, 0.1) is 17.8 Å². The quantitative estimate of drug-likeness (QED) is 0.174. The summed E-state index contributed by atoms with van der Waals surface area (Å²) in [5.74, 6) is -2.21. The number of rotatable bonds is 17. The highest BCUT2D eigenvalue weighted by Gasteiger charge is 2.80. The van der Waals surface area contributed by atoms with Crippen molar-refractivity contribution in [2.75, 3.05) is 32.8 Å². The second kappa shape index (κ2) is 13.2. The first kappa shape index (κ1) is 30.4. The number of allylic oxidation sites excluding steroid dienone is 1. The van der Waals surface area contributed by atoms with E-state index in [2.05, 4.69) is 20.1 Å². The summed E-state index contributed by atoms with van der Waals surface area (Å²) in [6.45, 7) is 15.4. The van der Waals surface area contributed by atoms with Crippen LogP contribution in [-0.2, 0) is 23.9 Å². The third kappa shape index (κ3) is 5.57. The lowest BCUT2D eigenvalue weighted by Gasteiger charge is -2.37. The SMILES string of the molecule is C=CCCCOC(=O)[C@@H]1[C@H]2C(=O)N(CCCCCCO)C(C(=O)N(CC=C)CCCC)C23CC(C)[C@@]1(C)O3. The van der Waals surface area contributed by atoms with Crippen molar-refractivity contribution in [3.05, 3.63) is 25.3 Å². The Morgan fingerprint density at radius 1 is 1.18 bits per heavy atom. The van der Waals surface area contributed by atoms with Crippen molar-refractivity contribution in [1.82, 2.24) is 9.80 Å². The first-order valence-electron chi connectivity index (χ1n) is 14.5. The number of carbonyl (C=O) groups is 3. The molecular weight excluding hydrogens is 484 g/mol. The zero-order chi connectivity index (χ0) is 27.9. The molecule has 3 fully saturated rings. The van der Waals surface area contributed by atoms with Crippen LogP contribution in [0.15, 0.2) is 25.3 Å². The molecule has 1 spiro atoms. The summed E-state index contributed by atoms with van der Waals surface area (Å²) in [6.07, 6.45) is 10.4. The van der Waals surface area contributed by atoms with Crippen LogP contribution in [0.2, 0.25) is 0 Å². The van der Waals surface area contributed by atoms with E-state index in [9.17, 15) is 14.4 Å². The molecule has 3 aliphatic rings. The highest BCUT2D eigenvalue weighted by molar-refractivity contribution is 5.98. The Morgan fingerprint density at radius 2 is 1.92 bits per heavy atom. The van der Waals surface area contributed by atoms with Gasteiger partial charge in [-0.15, -0.1) is 13.2 Å². The van der Waals surface area contributed by atoms with Crippen molar-refractivity contribution < 1.29 is 29.0 Å². The van der Waals surface area contributed by atoms with Gasteiger partial charge in [0.1, 0.15) is 17.6 Å². The molecule has 0 aliphatic carbocycles. The Labute approximate surface area is 228 Å². The van der Waals surface area contributed by atoms with Gasteiger partial charge >= 0.3 is 5.97 Å². The van der Waals surface area contributed by atoms with Crippen LogP contribution >= 0.6 is 0 Å². The third-order valence-electron chi connectivity index (χ3n) is 8.85. The molecule has 38 heavy (non-hydrogen) atoms. The molecule has 0 saturated carbocycles. The van der Waals surface area contributed by atoms with E-state index in [1.165, 1.54) is 0 Å². The zero-order valence-corrected chi connectivity index (χ0v) is 23.7. The lowest BCUT2D eigenvalue weighted by atomic mass is 9.62. The fourth-order valence-corrected chi connectivity index (χ4v) is 6.82. The number of carbonyl (C=O) groups excluding carboxylic acids is 3. The largest absolute Gasteiger partial charge is 0.465 e. The normalized spacial score (nSPS) is 31.4. The van der Waals surface area contributed by atoms with Crippen LogP contribution < -0.4 is 0 Å². The summed E-state index contributed by atoms with van der Waals surface area (Å²) in [5, 5.41) is 9.13. The number of hydrogen-bond donors (Lipinski definition) is 1. The highest BCUT2D eigenvalue weighted by atomic mass is 16.6. The Morgan fingerprint density at radius 3 is 2.58 bits per heavy atom. The predicted molar refractivity (Wildman–Crippen MR) is 146 cm³/mol. The number of ether oxygens (including phenoxy) is 2. The molecule has 1 N–H and O–H groups in total. The molecule has 3 aliphatic heterocycles. The van der Waals surface area contributed by atoms with E-state index < -0.39 is 35.0 Å².